The van der Waals surface area contributed by atoms with E-state index in [-0.39, 0.29) is 23.7 Å². The molecule has 3 amide bonds. The van der Waals surface area contributed by atoms with Crippen molar-refractivity contribution in [3.63, 3.8) is 0 Å². The monoisotopic (exact) mass is 397 g/mol. The third-order valence-corrected chi connectivity index (χ3v) is 4.35. The standard InChI is InChI=1S/C21H20ClN3O3/c1-14(16-7-9-17(22)10-8-16)24-21(27)23-13-15-4-2-5-18(12-15)25-20(26)19-6-3-11-28-19/h2-12,14H,13H2,1H3,(H,25,26)(H2,23,24,27)/t14-/m0/s1. The average Bonchev–Trinajstić information content (AvgIpc) is 3.22. The number of carbonyl (C=O) groups excluding carboxylic acids is 2. The second-order valence-electron chi connectivity index (χ2n) is 6.23. The van der Waals surface area contributed by atoms with Crippen LogP contribution >= 0.6 is 11.6 Å². The predicted molar refractivity (Wildman–Crippen MR) is 108 cm³/mol. The van der Waals surface area contributed by atoms with E-state index >= 15 is 0 Å². The van der Waals surface area contributed by atoms with Crippen LogP contribution in [0.1, 0.15) is 34.6 Å². The summed E-state index contributed by atoms with van der Waals surface area (Å²) in [6.07, 6.45) is 1.44. The summed E-state index contributed by atoms with van der Waals surface area (Å²) in [4.78, 5) is 24.2. The highest BCUT2D eigenvalue weighted by molar-refractivity contribution is 6.30. The molecule has 3 N–H and O–H groups in total. The van der Waals surface area contributed by atoms with Gasteiger partial charge in [0.1, 0.15) is 0 Å². The Labute approximate surface area is 167 Å². The molecule has 7 heteroatoms. The molecule has 144 valence electrons. The van der Waals surface area contributed by atoms with Crippen LogP contribution in [0.3, 0.4) is 0 Å². The number of halogens is 1. The van der Waals surface area contributed by atoms with Gasteiger partial charge in [-0.2, -0.15) is 0 Å². The lowest BCUT2D eigenvalue weighted by molar-refractivity contribution is 0.0996. The molecule has 0 saturated carbocycles. The summed E-state index contributed by atoms with van der Waals surface area (Å²) in [6.45, 7) is 2.22. The van der Waals surface area contributed by atoms with E-state index in [0.29, 0.717) is 17.3 Å². The minimum absolute atomic E-state index is 0.156. The van der Waals surface area contributed by atoms with Crippen LogP contribution in [0.5, 0.6) is 0 Å². The summed E-state index contributed by atoms with van der Waals surface area (Å²) in [6, 6.07) is 17.4. The van der Waals surface area contributed by atoms with Crippen molar-refractivity contribution in [2.75, 3.05) is 5.32 Å². The van der Waals surface area contributed by atoms with Gasteiger partial charge < -0.3 is 20.4 Å². The van der Waals surface area contributed by atoms with Crippen LogP contribution in [0.15, 0.2) is 71.3 Å². The molecule has 3 aromatic rings. The Morgan fingerprint density at radius 3 is 2.57 bits per heavy atom. The van der Waals surface area contributed by atoms with Crippen LogP contribution in [0, 0.1) is 0 Å². The molecular formula is C21H20ClN3O3. The van der Waals surface area contributed by atoms with E-state index in [1.165, 1.54) is 6.26 Å². The predicted octanol–water partition coefficient (Wildman–Crippen LogP) is 4.75. The lowest BCUT2D eigenvalue weighted by Crippen LogP contribution is -2.36. The van der Waals surface area contributed by atoms with Gasteiger partial charge in [-0.15, -0.1) is 0 Å². The van der Waals surface area contributed by atoms with Crippen molar-refractivity contribution in [2.24, 2.45) is 0 Å². The van der Waals surface area contributed by atoms with Crippen molar-refractivity contribution in [1.82, 2.24) is 10.6 Å². The van der Waals surface area contributed by atoms with Crippen molar-refractivity contribution in [2.45, 2.75) is 19.5 Å². The fourth-order valence-corrected chi connectivity index (χ4v) is 2.75. The first-order valence-corrected chi connectivity index (χ1v) is 9.12. The fourth-order valence-electron chi connectivity index (χ4n) is 2.62. The molecule has 0 aliphatic rings. The number of rotatable bonds is 6. The van der Waals surface area contributed by atoms with Gasteiger partial charge in [0.25, 0.3) is 5.91 Å². The second-order valence-corrected chi connectivity index (χ2v) is 6.67. The minimum Gasteiger partial charge on any atom is -0.459 e. The van der Waals surface area contributed by atoms with Gasteiger partial charge in [0, 0.05) is 17.3 Å². The summed E-state index contributed by atoms with van der Waals surface area (Å²) < 4.78 is 5.07. The van der Waals surface area contributed by atoms with E-state index in [1.807, 2.05) is 31.2 Å². The van der Waals surface area contributed by atoms with Crippen LogP contribution in [-0.4, -0.2) is 11.9 Å². The van der Waals surface area contributed by atoms with Crippen LogP contribution in [0.25, 0.3) is 0 Å². The van der Waals surface area contributed by atoms with Gasteiger partial charge >= 0.3 is 6.03 Å². The first-order chi connectivity index (χ1) is 13.5. The van der Waals surface area contributed by atoms with E-state index in [2.05, 4.69) is 16.0 Å². The van der Waals surface area contributed by atoms with Crippen LogP contribution in [-0.2, 0) is 6.54 Å². The second kappa shape index (κ2) is 9.10. The Morgan fingerprint density at radius 2 is 1.86 bits per heavy atom. The molecule has 2 aromatic carbocycles. The van der Waals surface area contributed by atoms with Crippen LogP contribution < -0.4 is 16.0 Å². The van der Waals surface area contributed by atoms with Crippen molar-refractivity contribution in [3.8, 4) is 0 Å². The Kier molecular flexibility index (Phi) is 6.34. The SMILES string of the molecule is C[C@H](NC(=O)NCc1cccc(NC(=O)c2ccco2)c1)c1ccc(Cl)cc1. The normalized spacial score (nSPS) is 11.5. The number of hydrogen-bond acceptors (Lipinski definition) is 3. The Bertz CT molecular complexity index is 940. The molecule has 1 aromatic heterocycles. The minimum atomic E-state index is -0.329. The maximum absolute atomic E-state index is 12.2. The highest BCUT2D eigenvalue weighted by atomic mass is 35.5. The molecule has 1 atom stereocenters. The fraction of sp³-hybridized carbons (Fsp3) is 0.143. The van der Waals surface area contributed by atoms with E-state index < -0.39 is 0 Å². The summed E-state index contributed by atoms with van der Waals surface area (Å²) in [7, 11) is 0. The van der Waals surface area contributed by atoms with Gasteiger partial charge in [-0.25, -0.2) is 4.79 Å². The highest BCUT2D eigenvalue weighted by Crippen LogP contribution is 2.16. The molecule has 0 spiro atoms. The number of nitrogens with one attached hydrogen (secondary N) is 3. The van der Waals surface area contributed by atoms with E-state index in [1.54, 1.807) is 36.4 Å². The number of hydrogen-bond donors (Lipinski definition) is 3. The molecule has 3 rings (SSSR count). The maximum Gasteiger partial charge on any atom is 0.315 e. The summed E-state index contributed by atoms with van der Waals surface area (Å²) in [5.41, 5.74) is 2.43. The molecule has 0 aliphatic carbocycles. The highest BCUT2D eigenvalue weighted by Gasteiger charge is 2.11. The largest absolute Gasteiger partial charge is 0.459 e. The third kappa shape index (κ3) is 5.37. The number of amides is 3. The summed E-state index contributed by atoms with van der Waals surface area (Å²) in [5, 5.41) is 9.10. The van der Waals surface area contributed by atoms with Crippen LogP contribution in [0.2, 0.25) is 5.02 Å². The zero-order chi connectivity index (χ0) is 19.9. The lowest BCUT2D eigenvalue weighted by Gasteiger charge is -2.15. The molecule has 0 saturated heterocycles. The maximum atomic E-state index is 12.2. The Hall–Kier alpha value is -3.25. The van der Waals surface area contributed by atoms with Gasteiger partial charge in [-0.3, -0.25) is 4.79 Å². The zero-order valence-corrected chi connectivity index (χ0v) is 16.0. The summed E-state index contributed by atoms with van der Waals surface area (Å²) >= 11 is 5.88. The van der Waals surface area contributed by atoms with Crippen molar-refractivity contribution in [3.05, 3.63) is 88.8 Å². The smallest absolute Gasteiger partial charge is 0.315 e. The number of urea groups is 1. The molecule has 1 heterocycles. The molecule has 0 bridgehead atoms. The lowest BCUT2D eigenvalue weighted by atomic mass is 10.1. The topological polar surface area (TPSA) is 83.4 Å². The van der Waals surface area contributed by atoms with Crippen molar-refractivity contribution in [1.29, 1.82) is 0 Å². The van der Waals surface area contributed by atoms with Gasteiger partial charge in [-0.05, 0) is 54.4 Å². The Balaban J connectivity index is 1.52. The zero-order valence-electron chi connectivity index (χ0n) is 15.2. The van der Waals surface area contributed by atoms with Gasteiger partial charge in [-0.1, -0.05) is 35.9 Å². The van der Waals surface area contributed by atoms with Crippen molar-refractivity contribution < 1.29 is 14.0 Å². The number of benzene rings is 2. The van der Waals surface area contributed by atoms with E-state index in [9.17, 15) is 9.59 Å². The van der Waals surface area contributed by atoms with Gasteiger partial charge in [0.05, 0.1) is 12.3 Å². The number of anilines is 1. The molecular weight excluding hydrogens is 378 g/mol. The molecule has 28 heavy (non-hydrogen) atoms. The van der Waals surface area contributed by atoms with Gasteiger partial charge in [0.15, 0.2) is 5.76 Å². The van der Waals surface area contributed by atoms with Crippen molar-refractivity contribution >= 4 is 29.2 Å². The van der Waals surface area contributed by atoms with Gasteiger partial charge in [0.2, 0.25) is 0 Å². The third-order valence-electron chi connectivity index (χ3n) is 4.10. The van der Waals surface area contributed by atoms with E-state index in [0.717, 1.165) is 11.1 Å². The number of carbonyl (C=O) groups is 2. The van der Waals surface area contributed by atoms with Crippen LogP contribution in [0.4, 0.5) is 10.5 Å². The molecule has 0 fully saturated rings. The number of furan rings is 1. The van der Waals surface area contributed by atoms with E-state index in [4.69, 9.17) is 16.0 Å². The summed E-state index contributed by atoms with van der Waals surface area (Å²) in [5.74, 6) is -0.0938. The molecule has 0 unspecified atom stereocenters. The Morgan fingerprint density at radius 1 is 1.07 bits per heavy atom. The first-order valence-electron chi connectivity index (χ1n) is 8.75. The molecule has 6 nitrogen and oxygen atoms in total. The quantitative estimate of drug-likeness (QED) is 0.561. The average molecular weight is 398 g/mol. The molecule has 0 aliphatic heterocycles. The first kappa shape index (κ1) is 19.5. The molecule has 0 radical (unpaired) electrons.